The van der Waals surface area contributed by atoms with Crippen LogP contribution >= 0.6 is 0 Å². The van der Waals surface area contributed by atoms with Crippen molar-refractivity contribution >= 4 is 0 Å². The maximum atomic E-state index is 9.38. The summed E-state index contributed by atoms with van der Waals surface area (Å²) in [6.45, 7) is 2.30. The van der Waals surface area contributed by atoms with Gasteiger partial charge in [-0.25, -0.2) is 0 Å². The lowest BCUT2D eigenvalue weighted by atomic mass is 9.77. The first kappa shape index (κ1) is 11.0. The predicted octanol–water partition coefficient (Wildman–Crippen LogP) is 2.99. The minimum atomic E-state index is -0.179. The number of nitrogens with one attached hydrogen (secondary N) is 1. The smallest absolute Gasteiger partial charge is 0.107 e. The minimum Gasteiger partial charge on any atom is -0.297 e. The second kappa shape index (κ2) is 4.53. The molecule has 1 N–H and O–H groups in total. The number of rotatable bonds is 2. The van der Waals surface area contributed by atoms with E-state index in [2.05, 4.69) is 18.3 Å². The van der Waals surface area contributed by atoms with Gasteiger partial charge in [0.1, 0.15) is 5.54 Å². The molecule has 0 atom stereocenters. The summed E-state index contributed by atoms with van der Waals surface area (Å²) in [6, 6.07) is 3.18. The molecule has 84 valence electrons. The lowest BCUT2D eigenvalue weighted by molar-refractivity contribution is 0.229. The summed E-state index contributed by atoms with van der Waals surface area (Å²) in [5.41, 5.74) is -0.179. The van der Waals surface area contributed by atoms with Gasteiger partial charge >= 0.3 is 0 Å². The lowest BCUT2D eigenvalue weighted by Gasteiger charge is -2.36. The van der Waals surface area contributed by atoms with Gasteiger partial charge in [0.25, 0.3) is 0 Å². The monoisotopic (exact) mass is 206 g/mol. The van der Waals surface area contributed by atoms with Crippen LogP contribution in [0, 0.1) is 17.2 Å². The predicted molar refractivity (Wildman–Crippen MR) is 61.4 cm³/mol. The molecule has 15 heavy (non-hydrogen) atoms. The third-order valence-corrected chi connectivity index (χ3v) is 4.18. The normalized spacial score (nSPS) is 37.7. The van der Waals surface area contributed by atoms with E-state index in [-0.39, 0.29) is 5.54 Å². The van der Waals surface area contributed by atoms with Crippen molar-refractivity contribution < 1.29 is 0 Å². The third-order valence-electron chi connectivity index (χ3n) is 4.18. The first-order valence-corrected chi connectivity index (χ1v) is 6.43. The zero-order chi connectivity index (χ0) is 10.7. The lowest BCUT2D eigenvalue weighted by Crippen LogP contribution is -2.50. The van der Waals surface area contributed by atoms with Gasteiger partial charge in [-0.3, -0.25) is 5.32 Å². The highest BCUT2D eigenvalue weighted by Gasteiger charge is 2.36. The average Bonchev–Trinajstić information content (AvgIpc) is 2.75. The zero-order valence-electron chi connectivity index (χ0n) is 9.76. The van der Waals surface area contributed by atoms with E-state index in [0.29, 0.717) is 6.04 Å². The van der Waals surface area contributed by atoms with Crippen LogP contribution in [-0.2, 0) is 0 Å². The van der Waals surface area contributed by atoms with Crippen LogP contribution in [0.4, 0.5) is 0 Å². The molecule has 0 aromatic carbocycles. The van der Waals surface area contributed by atoms with Crippen LogP contribution in [-0.4, -0.2) is 11.6 Å². The van der Waals surface area contributed by atoms with Crippen molar-refractivity contribution in [1.82, 2.24) is 5.32 Å². The third kappa shape index (κ3) is 2.52. The standard InChI is InChI=1S/C13H22N2/c1-11-6-8-13(10-14,9-7-11)15-12-4-2-3-5-12/h11-12,15H,2-9H2,1H3. The maximum Gasteiger partial charge on any atom is 0.107 e. The molecule has 0 heterocycles. The molecule has 0 aromatic heterocycles. The summed E-state index contributed by atoms with van der Waals surface area (Å²) in [7, 11) is 0. The van der Waals surface area contributed by atoms with Crippen LogP contribution in [0.2, 0.25) is 0 Å². The summed E-state index contributed by atoms with van der Waals surface area (Å²) in [5.74, 6) is 0.817. The zero-order valence-corrected chi connectivity index (χ0v) is 9.76. The molecule has 2 saturated carbocycles. The molecular formula is C13H22N2. The molecule has 0 bridgehead atoms. The van der Waals surface area contributed by atoms with Crippen molar-refractivity contribution in [2.24, 2.45) is 5.92 Å². The second-order valence-corrected chi connectivity index (χ2v) is 5.50. The van der Waals surface area contributed by atoms with Crippen LogP contribution in [0.3, 0.4) is 0 Å². The molecule has 0 amide bonds. The molecule has 0 aromatic rings. The van der Waals surface area contributed by atoms with Crippen LogP contribution in [0.1, 0.15) is 58.3 Å². The Hall–Kier alpha value is -0.550. The molecule has 2 nitrogen and oxygen atoms in total. The van der Waals surface area contributed by atoms with Gasteiger partial charge in [-0.1, -0.05) is 19.8 Å². The summed E-state index contributed by atoms with van der Waals surface area (Å²) in [5, 5.41) is 13.0. The topological polar surface area (TPSA) is 35.8 Å². The van der Waals surface area contributed by atoms with Gasteiger partial charge in [0.05, 0.1) is 6.07 Å². The van der Waals surface area contributed by atoms with Gasteiger partial charge in [0.2, 0.25) is 0 Å². The van der Waals surface area contributed by atoms with Crippen LogP contribution in [0.15, 0.2) is 0 Å². The highest BCUT2D eigenvalue weighted by Crippen LogP contribution is 2.33. The van der Waals surface area contributed by atoms with Gasteiger partial charge in [-0.2, -0.15) is 5.26 Å². The minimum absolute atomic E-state index is 0.179. The molecule has 2 fully saturated rings. The van der Waals surface area contributed by atoms with E-state index in [1.807, 2.05) is 0 Å². The number of nitriles is 1. The maximum absolute atomic E-state index is 9.38. The van der Waals surface area contributed by atoms with Crippen LogP contribution in [0.5, 0.6) is 0 Å². The molecule has 2 rings (SSSR count). The molecule has 0 saturated heterocycles. The largest absolute Gasteiger partial charge is 0.297 e. The van der Waals surface area contributed by atoms with Crippen molar-refractivity contribution in [2.45, 2.75) is 69.9 Å². The SMILES string of the molecule is CC1CCC(C#N)(NC2CCCC2)CC1. The van der Waals surface area contributed by atoms with Crippen molar-refractivity contribution in [1.29, 1.82) is 5.26 Å². The summed E-state index contributed by atoms with van der Waals surface area (Å²) in [4.78, 5) is 0. The van der Waals surface area contributed by atoms with Crippen LogP contribution < -0.4 is 5.32 Å². The molecule has 2 aliphatic rings. The van der Waals surface area contributed by atoms with Gasteiger partial charge in [0.15, 0.2) is 0 Å². The molecule has 2 heteroatoms. The Morgan fingerprint density at radius 3 is 2.27 bits per heavy atom. The molecule has 0 aliphatic heterocycles. The molecule has 2 aliphatic carbocycles. The number of nitrogens with zero attached hydrogens (tertiary/aromatic N) is 1. The molecule has 0 spiro atoms. The van der Waals surface area contributed by atoms with E-state index in [4.69, 9.17) is 0 Å². The van der Waals surface area contributed by atoms with E-state index in [0.717, 1.165) is 18.8 Å². The van der Waals surface area contributed by atoms with E-state index >= 15 is 0 Å². The van der Waals surface area contributed by atoms with Crippen molar-refractivity contribution in [3.63, 3.8) is 0 Å². The summed E-state index contributed by atoms with van der Waals surface area (Å²) < 4.78 is 0. The molecular weight excluding hydrogens is 184 g/mol. The number of hydrogen-bond donors (Lipinski definition) is 1. The highest BCUT2D eigenvalue weighted by molar-refractivity contribution is 5.10. The Kier molecular flexibility index (Phi) is 3.31. The average molecular weight is 206 g/mol. The Morgan fingerprint density at radius 2 is 1.73 bits per heavy atom. The van der Waals surface area contributed by atoms with E-state index in [1.165, 1.54) is 38.5 Å². The first-order chi connectivity index (χ1) is 7.24. The Bertz CT molecular complexity index is 240. The van der Waals surface area contributed by atoms with Gasteiger partial charge in [0, 0.05) is 6.04 Å². The van der Waals surface area contributed by atoms with E-state index < -0.39 is 0 Å². The molecule has 0 unspecified atom stereocenters. The fourth-order valence-corrected chi connectivity index (χ4v) is 3.00. The van der Waals surface area contributed by atoms with E-state index in [9.17, 15) is 5.26 Å². The van der Waals surface area contributed by atoms with Gasteiger partial charge in [-0.15, -0.1) is 0 Å². The summed E-state index contributed by atoms with van der Waals surface area (Å²) in [6.07, 6.45) is 9.78. The van der Waals surface area contributed by atoms with Crippen LogP contribution in [0.25, 0.3) is 0 Å². The van der Waals surface area contributed by atoms with E-state index in [1.54, 1.807) is 0 Å². The molecule has 0 radical (unpaired) electrons. The number of hydrogen-bond acceptors (Lipinski definition) is 2. The highest BCUT2D eigenvalue weighted by atomic mass is 15.0. The van der Waals surface area contributed by atoms with Crippen molar-refractivity contribution in [2.75, 3.05) is 0 Å². The quantitative estimate of drug-likeness (QED) is 0.754. The van der Waals surface area contributed by atoms with Crippen molar-refractivity contribution in [3.8, 4) is 6.07 Å². The fourth-order valence-electron chi connectivity index (χ4n) is 3.00. The Morgan fingerprint density at radius 1 is 1.13 bits per heavy atom. The fraction of sp³-hybridized carbons (Fsp3) is 0.923. The van der Waals surface area contributed by atoms with Gasteiger partial charge in [-0.05, 0) is 44.4 Å². The summed E-state index contributed by atoms with van der Waals surface area (Å²) >= 11 is 0. The van der Waals surface area contributed by atoms with Gasteiger partial charge < -0.3 is 0 Å². The Labute approximate surface area is 93.0 Å². The first-order valence-electron chi connectivity index (χ1n) is 6.43. The van der Waals surface area contributed by atoms with Crippen molar-refractivity contribution in [3.05, 3.63) is 0 Å². The Balaban J connectivity index is 1.93. The second-order valence-electron chi connectivity index (χ2n) is 5.50.